The Balaban J connectivity index is 2.14. The lowest BCUT2D eigenvalue weighted by Crippen LogP contribution is -2.30. The van der Waals surface area contributed by atoms with E-state index in [-0.39, 0.29) is 18.5 Å². The minimum absolute atomic E-state index is 0.0148. The van der Waals surface area contributed by atoms with Crippen molar-refractivity contribution in [1.82, 2.24) is 10.3 Å². The standard InChI is InChI=1S/C11H17N5O3S2/c1-7(17)19-4-9(18)14-2-3-20-5-8-6-21-11(15-8)16-10(12)13/h6H,2-5H2,1H3,(H,14,18)(H4,12,13,15,16). The number of thiazole rings is 1. The number of nitrogens with zero attached hydrogens (tertiary/aromatic N) is 2. The molecular weight excluding hydrogens is 314 g/mol. The normalized spacial score (nSPS) is 9.95. The van der Waals surface area contributed by atoms with Crippen LogP contribution in [-0.4, -0.2) is 41.7 Å². The fourth-order valence-corrected chi connectivity index (χ4v) is 2.74. The number of carbonyl (C=O) groups excluding carboxylic acids is 2. The summed E-state index contributed by atoms with van der Waals surface area (Å²) in [5.74, 6) is 0.630. The molecule has 1 aromatic heterocycles. The summed E-state index contributed by atoms with van der Waals surface area (Å²) in [6.45, 7) is 1.51. The molecule has 0 aliphatic heterocycles. The van der Waals surface area contributed by atoms with Crippen LogP contribution in [0.1, 0.15) is 12.6 Å². The van der Waals surface area contributed by atoms with Gasteiger partial charge in [0.25, 0.3) is 5.91 Å². The zero-order valence-corrected chi connectivity index (χ0v) is 13.1. The van der Waals surface area contributed by atoms with Crippen LogP contribution in [0.4, 0.5) is 5.13 Å². The molecule has 8 nitrogen and oxygen atoms in total. The molecule has 5 N–H and O–H groups in total. The number of carbonyl (C=O) groups is 2. The van der Waals surface area contributed by atoms with Crippen molar-refractivity contribution in [2.75, 3.05) is 18.9 Å². The number of esters is 1. The molecule has 0 unspecified atom stereocenters. The van der Waals surface area contributed by atoms with Crippen molar-refractivity contribution >= 4 is 46.1 Å². The Labute approximate surface area is 130 Å². The molecule has 0 saturated carbocycles. The quantitative estimate of drug-likeness (QED) is 0.263. The number of nitrogens with one attached hydrogen (secondary N) is 1. The van der Waals surface area contributed by atoms with E-state index in [2.05, 4.69) is 20.0 Å². The number of aromatic nitrogens is 1. The first-order valence-corrected chi connectivity index (χ1v) is 8.02. The van der Waals surface area contributed by atoms with Gasteiger partial charge in [-0.2, -0.15) is 16.8 Å². The molecule has 1 heterocycles. The number of guanidine groups is 1. The summed E-state index contributed by atoms with van der Waals surface area (Å²) in [4.78, 5) is 29.8. The third kappa shape index (κ3) is 8.15. The van der Waals surface area contributed by atoms with Crippen LogP contribution >= 0.6 is 23.1 Å². The first-order valence-electron chi connectivity index (χ1n) is 5.99. The molecular formula is C11H17N5O3S2. The van der Waals surface area contributed by atoms with Crippen molar-refractivity contribution < 1.29 is 14.3 Å². The van der Waals surface area contributed by atoms with Gasteiger partial charge in [0.1, 0.15) is 0 Å². The van der Waals surface area contributed by atoms with E-state index in [9.17, 15) is 9.59 Å². The van der Waals surface area contributed by atoms with Crippen LogP contribution in [0.15, 0.2) is 10.4 Å². The predicted octanol–water partition coefficient (Wildman–Crippen LogP) is -0.0395. The average Bonchev–Trinajstić information content (AvgIpc) is 2.82. The van der Waals surface area contributed by atoms with Gasteiger partial charge < -0.3 is 21.5 Å². The highest BCUT2D eigenvalue weighted by molar-refractivity contribution is 7.98. The Kier molecular flexibility index (Phi) is 7.54. The van der Waals surface area contributed by atoms with Crippen LogP contribution in [0.5, 0.6) is 0 Å². The van der Waals surface area contributed by atoms with Crippen LogP contribution in [0.2, 0.25) is 0 Å². The summed E-state index contributed by atoms with van der Waals surface area (Å²) >= 11 is 2.98. The van der Waals surface area contributed by atoms with Crippen molar-refractivity contribution in [2.45, 2.75) is 12.7 Å². The number of hydrogen-bond acceptors (Lipinski definition) is 7. The summed E-state index contributed by atoms with van der Waals surface area (Å²) in [5.41, 5.74) is 11.4. The smallest absolute Gasteiger partial charge is 0.303 e. The predicted molar refractivity (Wildman–Crippen MR) is 83.4 cm³/mol. The van der Waals surface area contributed by atoms with Crippen molar-refractivity contribution in [3.05, 3.63) is 11.1 Å². The molecule has 0 aromatic carbocycles. The lowest BCUT2D eigenvalue weighted by molar-refractivity contribution is -0.146. The van der Waals surface area contributed by atoms with Crippen molar-refractivity contribution in [1.29, 1.82) is 0 Å². The monoisotopic (exact) mass is 331 g/mol. The summed E-state index contributed by atoms with van der Waals surface area (Å²) in [6, 6.07) is 0. The summed E-state index contributed by atoms with van der Waals surface area (Å²) in [5, 5.41) is 5.06. The van der Waals surface area contributed by atoms with Crippen molar-refractivity contribution in [2.24, 2.45) is 16.5 Å². The third-order valence-electron chi connectivity index (χ3n) is 1.99. The zero-order valence-electron chi connectivity index (χ0n) is 11.5. The number of nitrogens with two attached hydrogens (primary N) is 2. The molecule has 1 rings (SSSR count). The van der Waals surface area contributed by atoms with Gasteiger partial charge in [0.15, 0.2) is 12.6 Å². The number of ether oxygens (including phenoxy) is 1. The molecule has 0 saturated heterocycles. The number of thioether (sulfide) groups is 1. The van der Waals surface area contributed by atoms with Crippen LogP contribution in [0, 0.1) is 0 Å². The molecule has 1 amide bonds. The SMILES string of the molecule is CC(=O)OCC(=O)NCCSCc1csc(N=C(N)N)n1. The molecule has 0 aliphatic rings. The number of amides is 1. The summed E-state index contributed by atoms with van der Waals surface area (Å²) < 4.78 is 4.57. The average molecular weight is 331 g/mol. The van der Waals surface area contributed by atoms with Crippen LogP contribution in [-0.2, 0) is 20.1 Å². The molecule has 0 bridgehead atoms. The van der Waals surface area contributed by atoms with Gasteiger partial charge in [-0.15, -0.1) is 11.3 Å². The van der Waals surface area contributed by atoms with Gasteiger partial charge in [0.05, 0.1) is 5.69 Å². The maximum atomic E-state index is 11.2. The molecule has 0 fully saturated rings. The largest absolute Gasteiger partial charge is 0.456 e. The first kappa shape index (κ1) is 17.2. The molecule has 116 valence electrons. The van der Waals surface area contributed by atoms with E-state index < -0.39 is 5.97 Å². The lowest BCUT2D eigenvalue weighted by Gasteiger charge is -2.04. The lowest BCUT2D eigenvalue weighted by atomic mass is 10.6. The van der Waals surface area contributed by atoms with E-state index in [0.29, 0.717) is 17.4 Å². The topological polar surface area (TPSA) is 133 Å². The fraction of sp³-hybridized carbons (Fsp3) is 0.455. The van der Waals surface area contributed by atoms with Gasteiger partial charge in [0.2, 0.25) is 5.13 Å². The summed E-state index contributed by atoms with van der Waals surface area (Å²) in [7, 11) is 0. The highest BCUT2D eigenvalue weighted by Gasteiger charge is 2.04. The molecule has 0 spiro atoms. The molecule has 21 heavy (non-hydrogen) atoms. The van der Waals surface area contributed by atoms with Crippen LogP contribution < -0.4 is 16.8 Å². The molecule has 0 radical (unpaired) electrons. The fourth-order valence-electron chi connectivity index (χ4n) is 1.18. The van der Waals surface area contributed by atoms with Crippen LogP contribution in [0.25, 0.3) is 0 Å². The number of rotatable bonds is 8. The molecule has 0 atom stereocenters. The van der Waals surface area contributed by atoms with E-state index in [1.54, 1.807) is 11.8 Å². The number of hydrogen-bond donors (Lipinski definition) is 3. The van der Waals surface area contributed by atoms with Gasteiger partial charge in [-0.25, -0.2) is 4.98 Å². The maximum Gasteiger partial charge on any atom is 0.303 e. The van der Waals surface area contributed by atoms with E-state index in [4.69, 9.17) is 11.5 Å². The second kappa shape index (κ2) is 9.19. The Morgan fingerprint density at radius 2 is 2.29 bits per heavy atom. The first-order chi connectivity index (χ1) is 9.97. The van der Waals surface area contributed by atoms with Gasteiger partial charge in [-0.3, -0.25) is 9.59 Å². The van der Waals surface area contributed by atoms with Gasteiger partial charge in [-0.05, 0) is 0 Å². The molecule has 0 aliphatic carbocycles. The maximum absolute atomic E-state index is 11.2. The zero-order chi connectivity index (χ0) is 15.7. The Hall–Kier alpha value is -1.81. The second-order valence-electron chi connectivity index (χ2n) is 3.84. The second-order valence-corrected chi connectivity index (χ2v) is 5.78. The van der Waals surface area contributed by atoms with E-state index >= 15 is 0 Å². The Morgan fingerprint density at radius 1 is 1.52 bits per heavy atom. The third-order valence-corrected chi connectivity index (χ3v) is 3.77. The van der Waals surface area contributed by atoms with E-state index in [0.717, 1.165) is 11.4 Å². The van der Waals surface area contributed by atoms with Gasteiger partial charge in [-0.1, -0.05) is 0 Å². The Bertz CT molecular complexity index is 514. The summed E-state index contributed by atoms with van der Waals surface area (Å²) in [6.07, 6.45) is 0. The van der Waals surface area contributed by atoms with Crippen LogP contribution in [0.3, 0.4) is 0 Å². The van der Waals surface area contributed by atoms with Gasteiger partial charge in [0, 0.05) is 30.4 Å². The Morgan fingerprint density at radius 3 is 2.95 bits per heavy atom. The minimum Gasteiger partial charge on any atom is -0.456 e. The van der Waals surface area contributed by atoms with Crippen molar-refractivity contribution in [3.8, 4) is 0 Å². The molecule has 1 aromatic rings. The highest BCUT2D eigenvalue weighted by atomic mass is 32.2. The van der Waals surface area contributed by atoms with Crippen molar-refractivity contribution in [3.63, 3.8) is 0 Å². The molecule has 10 heteroatoms. The van der Waals surface area contributed by atoms with E-state index in [1.807, 2.05) is 5.38 Å². The highest BCUT2D eigenvalue weighted by Crippen LogP contribution is 2.21. The minimum atomic E-state index is -0.473. The number of aliphatic imine (C=N–C) groups is 1. The van der Waals surface area contributed by atoms with E-state index in [1.165, 1.54) is 18.3 Å². The van der Waals surface area contributed by atoms with Gasteiger partial charge >= 0.3 is 5.97 Å².